The van der Waals surface area contributed by atoms with Gasteiger partial charge in [0.15, 0.2) is 0 Å². The first kappa shape index (κ1) is 20.6. The number of hydrogen-bond donors (Lipinski definition) is 2. The van der Waals surface area contributed by atoms with Crippen molar-refractivity contribution in [2.75, 3.05) is 19.0 Å². The number of rotatable bonds is 3. The summed E-state index contributed by atoms with van der Waals surface area (Å²) in [6.45, 7) is 2.69. The molecule has 0 unspecified atom stereocenters. The Morgan fingerprint density at radius 3 is 2.69 bits per heavy atom. The third-order valence-electron chi connectivity index (χ3n) is 6.06. The van der Waals surface area contributed by atoms with E-state index in [-0.39, 0.29) is 12.1 Å². The molecule has 2 N–H and O–H groups in total. The van der Waals surface area contributed by atoms with Crippen LogP contribution in [-0.4, -0.2) is 29.6 Å². The molecule has 32 heavy (non-hydrogen) atoms. The topological polar surface area (TPSA) is 57.4 Å². The maximum Gasteiger partial charge on any atom is 0.322 e. The number of aromatic amines is 1. The summed E-state index contributed by atoms with van der Waals surface area (Å²) in [5, 5.41) is 4.23. The molecule has 1 aliphatic heterocycles. The molecule has 2 amide bonds. The number of ether oxygens (including phenoxy) is 1. The molecule has 0 fully saturated rings. The summed E-state index contributed by atoms with van der Waals surface area (Å²) in [4.78, 5) is 18.9. The lowest BCUT2D eigenvalue weighted by Gasteiger charge is -2.36. The molecule has 0 spiro atoms. The van der Waals surface area contributed by atoms with E-state index >= 15 is 0 Å². The van der Waals surface area contributed by atoms with Crippen molar-refractivity contribution >= 4 is 38.6 Å². The molecule has 0 aliphatic carbocycles. The van der Waals surface area contributed by atoms with Gasteiger partial charge in [-0.05, 0) is 60.9 Å². The number of hydrogen-bond acceptors (Lipinski definition) is 2. The number of amides is 2. The molecule has 5 nitrogen and oxygen atoms in total. The van der Waals surface area contributed by atoms with Crippen molar-refractivity contribution in [2.24, 2.45) is 0 Å². The van der Waals surface area contributed by atoms with Crippen molar-refractivity contribution in [2.45, 2.75) is 19.4 Å². The molecule has 2 heterocycles. The largest absolute Gasteiger partial charge is 0.497 e. The first-order chi connectivity index (χ1) is 15.5. The van der Waals surface area contributed by atoms with Gasteiger partial charge in [0.25, 0.3) is 0 Å². The second kappa shape index (κ2) is 8.36. The summed E-state index contributed by atoms with van der Waals surface area (Å²) in [6, 6.07) is 21.8. The van der Waals surface area contributed by atoms with Gasteiger partial charge in [0.1, 0.15) is 5.75 Å². The third kappa shape index (κ3) is 3.75. The van der Waals surface area contributed by atoms with Crippen molar-refractivity contribution in [1.29, 1.82) is 0 Å². The fourth-order valence-corrected chi connectivity index (χ4v) is 4.87. The number of nitrogens with one attached hydrogen (secondary N) is 2. The lowest BCUT2D eigenvalue weighted by molar-refractivity contribution is 0.193. The summed E-state index contributed by atoms with van der Waals surface area (Å²) in [5.74, 6) is 0.834. The highest BCUT2D eigenvalue weighted by molar-refractivity contribution is 9.10. The monoisotopic (exact) mass is 489 g/mol. The van der Waals surface area contributed by atoms with E-state index in [1.807, 2.05) is 41.3 Å². The Balaban J connectivity index is 1.58. The van der Waals surface area contributed by atoms with Crippen molar-refractivity contribution in [1.82, 2.24) is 9.88 Å². The Kier molecular flexibility index (Phi) is 5.39. The van der Waals surface area contributed by atoms with E-state index in [1.165, 1.54) is 11.1 Å². The number of aromatic nitrogens is 1. The minimum Gasteiger partial charge on any atom is -0.497 e. The fraction of sp³-hybridized carbons (Fsp3) is 0.192. The summed E-state index contributed by atoms with van der Waals surface area (Å²) in [5.41, 5.74) is 6.40. The van der Waals surface area contributed by atoms with E-state index < -0.39 is 0 Å². The first-order valence-corrected chi connectivity index (χ1v) is 11.4. The molecule has 5 rings (SSSR count). The fourth-order valence-electron chi connectivity index (χ4n) is 4.47. The molecular formula is C26H24BrN3O2. The van der Waals surface area contributed by atoms with E-state index in [4.69, 9.17) is 4.74 Å². The van der Waals surface area contributed by atoms with Gasteiger partial charge < -0.3 is 19.9 Å². The van der Waals surface area contributed by atoms with Crippen LogP contribution in [-0.2, 0) is 6.42 Å². The predicted molar refractivity (Wildman–Crippen MR) is 131 cm³/mol. The Labute approximate surface area is 195 Å². The minimum atomic E-state index is -0.204. The summed E-state index contributed by atoms with van der Waals surface area (Å²) >= 11 is 3.48. The first-order valence-electron chi connectivity index (χ1n) is 10.6. The molecule has 0 bridgehead atoms. The van der Waals surface area contributed by atoms with E-state index in [0.29, 0.717) is 6.54 Å². The molecule has 1 aliphatic rings. The number of urea groups is 1. The van der Waals surface area contributed by atoms with E-state index in [9.17, 15) is 4.79 Å². The number of methoxy groups -OCH3 is 1. The van der Waals surface area contributed by atoms with Crippen LogP contribution >= 0.6 is 15.9 Å². The van der Waals surface area contributed by atoms with Crippen LogP contribution in [0.15, 0.2) is 71.2 Å². The lowest BCUT2D eigenvalue weighted by atomic mass is 9.92. The number of anilines is 1. The Morgan fingerprint density at radius 1 is 1.12 bits per heavy atom. The lowest BCUT2D eigenvalue weighted by Crippen LogP contribution is -2.43. The maximum atomic E-state index is 13.4. The molecule has 6 heteroatoms. The minimum absolute atomic E-state index is 0.115. The quantitative estimate of drug-likeness (QED) is 0.348. The molecular weight excluding hydrogens is 466 g/mol. The molecule has 162 valence electrons. The molecule has 1 aromatic heterocycles. The number of halogens is 1. The van der Waals surface area contributed by atoms with Gasteiger partial charge in [0.2, 0.25) is 0 Å². The highest BCUT2D eigenvalue weighted by atomic mass is 79.9. The average Bonchev–Trinajstić information content (AvgIpc) is 3.17. The number of benzene rings is 3. The summed E-state index contributed by atoms with van der Waals surface area (Å²) in [6.07, 6.45) is 0.775. The predicted octanol–water partition coefficient (Wildman–Crippen LogP) is 6.43. The SMILES string of the molecule is COc1ccc2[nH]c3c(c2c1)CCN(C(=O)Nc1cccc(Br)c1)[C@@H]3c1ccc(C)cc1. The van der Waals surface area contributed by atoms with Crippen molar-refractivity contribution < 1.29 is 9.53 Å². The van der Waals surface area contributed by atoms with Crippen LogP contribution in [0.4, 0.5) is 10.5 Å². The molecule has 4 aromatic rings. The highest BCUT2D eigenvalue weighted by Gasteiger charge is 2.34. The van der Waals surface area contributed by atoms with Gasteiger partial charge in [0, 0.05) is 33.3 Å². The van der Waals surface area contributed by atoms with Crippen LogP contribution in [0.5, 0.6) is 5.75 Å². The van der Waals surface area contributed by atoms with Crippen LogP contribution in [0.2, 0.25) is 0 Å². The second-order valence-electron chi connectivity index (χ2n) is 8.13. The molecule has 0 saturated carbocycles. The van der Waals surface area contributed by atoms with Gasteiger partial charge in [-0.2, -0.15) is 0 Å². The van der Waals surface area contributed by atoms with Crippen LogP contribution in [0.25, 0.3) is 10.9 Å². The Hall–Kier alpha value is -3.25. The van der Waals surface area contributed by atoms with Crippen LogP contribution in [0.3, 0.4) is 0 Å². The van der Waals surface area contributed by atoms with Crippen LogP contribution in [0, 0.1) is 6.92 Å². The smallest absolute Gasteiger partial charge is 0.322 e. The number of carbonyl (C=O) groups excluding carboxylic acids is 1. The van der Waals surface area contributed by atoms with E-state index in [2.05, 4.69) is 63.5 Å². The average molecular weight is 490 g/mol. The molecule has 3 aromatic carbocycles. The van der Waals surface area contributed by atoms with E-state index in [1.54, 1.807) is 7.11 Å². The Morgan fingerprint density at radius 2 is 1.94 bits per heavy atom. The third-order valence-corrected chi connectivity index (χ3v) is 6.56. The normalized spacial score (nSPS) is 15.5. The highest BCUT2D eigenvalue weighted by Crippen LogP contribution is 2.39. The van der Waals surface area contributed by atoms with Gasteiger partial charge in [-0.15, -0.1) is 0 Å². The molecule has 1 atom stereocenters. The van der Waals surface area contributed by atoms with Crippen LogP contribution in [0.1, 0.15) is 28.4 Å². The van der Waals surface area contributed by atoms with E-state index in [0.717, 1.165) is 44.5 Å². The summed E-state index contributed by atoms with van der Waals surface area (Å²) < 4.78 is 6.38. The standard InChI is InChI=1S/C26H24BrN3O2/c1-16-6-8-17(9-7-16)25-24-21(22-15-20(32-2)10-11-23(22)29-24)12-13-30(25)26(31)28-19-5-3-4-18(27)14-19/h3-11,14-15,25,29H,12-13H2,1-2H3,(H,28,31)/t25-/m1/s1. The number of nitrogens with zero attached hydrogens (tertiary/aromatic N) is 1. The van der Waals surface area contributed by atoms with Crippen LogP contribution < -0.4 is 10.1 Å². The van der Waals surface area contributed by atoms with Gasteiger partial charge in [0.05, 0.1) is 13.2 Å². The van der Waals surface area contributed by atoms with Gasteiger partial charge in [-0.3, -0.25) is 0 Å². The molecule has 0 saturated heterocycles. The van der Waals surface area contributed by atoms with Crippen molar-refractivity contribution in [3.05, 3.63) is 93.6 Å². The van der Waals surface area contributed by atoms with Gasteiger partial charge in [-0.25, -0.2) is 4.79 Å². The zero-order chi connectivity index (χ0) is 22.2. The van der Waals surface area contributed by atoms with Crippen molar-refractivity contribution in [3.63, 3.8) is 0 Å². The zero-order valence-corrected chi connectivity index (χ0v) is 19.6. The number of H-pyrrole nitrogens is 1. The van der Waals surface area contributed by atoms with Gasteiger partial charge >= 0.3 is 6.03 Å². The maximum absolute atomic E-state index is 13.4. The second-order valence-corrected chi connectivity index (χ2v) is 9.04. The number of fused-ring (bicyclic) bond motifs is 3. The van der Waals surface area contributed by atoms with Gasteiger partial charge in [-0.1, -0.05) is 51.8 Å². The summed E-state index contributed by atoms with van der Waals surface area (Å²) in [7, 11) is 1.68. The number of aryl methyl sites for hydroxylation is 1. The number of carbonyl (C=O) groups is 1. The van der Waals surface area contributed by atoms with Crippen molar-refractivity contribution in [3.8, 4) is 5.75 Å². The molecule has 0 radical (unpaired) electrons. The Bertz CT molecular complexity index is 1300. The zero-order valence-electron chi connectivity index (χ0n) is 18.0.